The maximum absolute atomic E-state index is 12.9. The van der Waals surface area contributed by atoms with Crippen molar-refractivity contribution in [3.05, 3.63) is 34.9 Å². The van der Waals surface area contributed by atoms with Crippen molar-refractivity contribution in [2.45, 2.75) is 44.2 Å². The summed E-state index contributed by atoms with van der Waals surface area (Å²) >= 11 is 5.79. The number of benzene rings is 1. The summed E-state index contributed by atoms with van der Waals surface area (Å²) in [4.78, 5) is 0. The second kappa shape index (κ2) is 5.32. The molecule has 0 unspecified atom stereocenters. The zero-order valence-corrected chi connectivity index (χ0v) is 10.3. The topological polar surface area (TPSA) is 12.0 Å². The van der Waals surface area contributed by atoms with Gasteiger partial charge in [-0.15, -0.1) is 0 Å². The largest absolute Gasteiger partial charge is 0.310 e. The quantitative estimate of drug-likeness (QED) is 0.865. The standard InChI is InChI=1S/C13H16ClF2N/c14-11-3-1-10(2-4-11)9-17-12-5-7-13(15,16)8-6-12/h1-4,12,17H,5-9H2. The van der Waals surface area contributed by atoms with Gasteiger partial charge in [0.15, 0.2) is 0 Å². The molecule has 0 radical (unpaired) electrons. The summed E-state index contributed by atoms with van der Waals surface area (Å²) in [7, 11) is 0. The minimum atomic E-state index is -2.45. The smallest absolute Gasteiger partial charge is 0.248 e. The Bertz CT molecular complexity index is 354. The molecule has 1 aromatic carbocycles. The summed E-state index contributed by atoms with van der Waals surface area (Å²) in [5.74, 6) is -2.45. The van der Waals surface area contributed by atoms with Crippen molar-refractivity contribution >= 4 is 11.6 Å². The Morgan fingerprint density at radius 1 is 1.18 bits per heavy atom. The number of hydrogen-bond acceptors (Lipinski definition) is 1. The van der Waals surface area contributed by atoms with Gasteiger partial charge in [0.1, 0.15) is 0 Å². The second-order valence-electron chi connectivity index (χ2n) is 4.64. The highest BCUT2D eigenvalue weighted by Gasteiger charge is 2.34. The lowest BCUT2D eigenvalue weighted by atomic mass is 9.92. The highest BCUT2D eigenvalue weighted by molar-refractivity contribution is 6.30. The first-order valence-corrected chi connectivity index (χ1v) is 6.29. The Kier molecular flexibility index (Phi) is 4.00. The first-order valence-electron chi connectivity index (χ1n) is 5.91. The molecule has 0 bridgehead atoms. The maximum Gasteiger partial charge on any atom is 0.248 e. The molecule has 0 saturated heterocycles. The van der Waals surface area contributed by atoms with E-state index in [1.54, 1.807) is 0 Å². The molecule has 0 heterocycles. The van der Waals surface area contributed by atoms with E-state index in [0.717, 1.165) is 5.56 Å². The van der Waals surface area contributed by atoms with Crippen LogP contribution in [0.3, 0.4) is 0 Å². The molecule has 1 aromatic rings. The Morgan fingerprint density at radius 2 is 1.76 bits per heavy atom. The molecule has 1 aliphatic rings. The van der Waals surface area contributed by atoms with E-state index in [1.165, 1.54) is 0 Å². The first kappa shape index (κ1) is 12.8. The van der Waals surface area contributed by atoms with Gasteiger partial charge < -0.3 is 5.32 Å². The Balaban J connectivity index is 1.78. The van der Waals surface area contributed by atoms with Crippen LogP contribution >= 0.6 is 11.6 Å². The highest BCUT2D eigenvalue weighted by atomic mass is 35.5. The highest BCUT2D eigenvalue weighted by Crippen LogP contribution is 2.33. The zero-order valence-electron chi connectivity index (χ0n) is 9.56. The third-order valence-electron chi connectivity index (χ3n) is 3.23. The molecule has 4 heteroatoms. The van der Waals surface area contributed by atoms with Crippen molar-refractivity contribution in [2.75, 3.05) is 0 Å². The molecule has 1 fully saturated rings. The number of nitrogens with one attached hydrogen (secondary N) is 1. The molecule has 1 aliphatic carbocycles. The van der Waals surface area contributed by atoms with Crippen molar-refractivity contribution in [1.29, 1.82) is 0 Å². The zero-order chi connectivity index (χ0) is 12.3. The van der Waals surface area contributed by atoms with Gasteiger partial charge in [0.05, 0.1) is 0 Å². The van der Waals surface area contributed by atoms with Gasteiger partial charge in [-0.2, -0.15) is 0 Å². The van der Waals surface area contributed by atoms with Crippen LogP contribution in [0.1, 0.15) is 31.2 Å². The molecule has 94 valence electrons. The molecule has 1 nitrogen and oxygen atoms in total. The normalized spacial score (nSPS) is 20.4. The van der Waals surface area contributed by atoms with Crippen LogP contribution in [-0.2, 0) is 6.54 Å². The lowest BCUT2D eigenvalue weighted by Gasteiger charge is -2.28. The van der Waals surface area contributed by atoms with E-state index in [0.29, 0.717) is 24.4 Å². The molecule has 1 N–H and O–H groups in total. The Labute approximate surface area is 105 Å². The molecular formula is C13H16ClF2N. The van der Waals surface area contributed by atoms with Gasteiger partial charge in [-0.1, -0.05) is 23.7 Å². The summed E-state index contributed by atoms with van der Waals surface area (Å²) in [6.45, 7) is 0.716. The van der Waals surface area contributed by atoms with E-state index in [4.69, 9.17) is 11.6 Å². The fourth-order valence-electron chi connectivity index (χ4n) is 2.11. The van der Waals surface area contributed by atoms with Gasteiger partial charge in [0.25, 0.3) is 0 Å². The molecule has 0 spiro atoms. The average Bonchev–Trinajstić information content (AvgIpc) is 2.30. The number of alkyl halides is 2. The van der Waals surface area contributed by atoms with Crippen LogP contribution in [0, 0.1) is 0 Å². The second-order valence-corrected chi connectivity index (χ2v) is 5.07. The van der Waals surface area contributed by atoms with Crippen LogP contribution in [0.4, 0.5) is 8.78 Å². The molecule has 0 atom stereocenters. The van der Waals surface area contributed by atoms with Gasteiger partial charge in [-0.05, 0) is 30.5 Å². The predicted octanol–water partition coefficient (Wildman–Crippen LogP) is 4.01. The summed E-state index contributed by atoms with van der Waals surface area (Å²) in [6, 6.07) is 7.80. The van der Waals surface area contributed by atoms with Crippen molar-refractivity contribution in [3.8, 4) is 0 Å². The van der Waals surface area contributed by atoms with Gasteiger partial charge in [0, 0.05) is 30.5 Å². The Hall–Kier alpha value is -0.670. The fourth-order valence-corrected chi connectivity index (χ4v) is 2.23. The van der Waals surface area contributed by atoms with Crippen molar-refractivity contribution in [1.82, 2.24) is 5.32 Å². The number of halogens is 3. The first-order chi connectivity index (χ1) is 8.05. The summed E-state index contributed by atoms with van der Waals surface area (Å²) in [6.07, 6.45) is 1.12. The average molecular weight is 260 g/mol. The van der Waals surface area contributed by atoms with Crippen molar-refractivity contribution in [2.24, 2.45) is 0 Å². The van der Waals surface area contributed by atoms with Gasteiger partial charge >= 0.3 is 0 Å². The molecular weight excluding hydrogens is 244 g/mol. The molecule has 0 aliphatic heterocycles. The number of rotatable bonds is 3. The third kappa shape index (κ3) is 3.93. The van der Waals surface area contributed by atoms with E-state index in [9.17, 15) is 8.78 Å². The minimum Gasteiger partial charge on any atom is -0.310 e. The van der Waals surface area contributed by atoms with Gasteiger partial charge in [-0.3, -0.25) is 0 Å². The fraction of sp³-hybridized carbons (Fsp3) is 0.538. The van der Waals surface area contributed by atoms with Gasteiger partial charge in [0.2, 0.25) is 5.92 Å². The summed E-state index contributed by atoms with van der Waals surface area (Å²) < 4.78 is 25.9. The van der Waals surface area contributed by atoms with E-state index < -0.39 is 5.92 Å². The van der Waals surface area contributed by atoms with Crippen molar-refractivity contribution < 1.29 is 8.78 Å². The number of hydrogen-bond donors (Lipinski definition) is 1. The lowest BCUT2D eigenvalue weighted by molar-refractivity contribution is -0.0405. The van der Waals surface area contributed by atoms with Crippen LogP contribution in [0.25, 0.3) is 0 Å². The molecule has 17 heavy (non-hydrogen) atoms. The SMILES string of the molecule is FC1(F)CCC(NCc2ccc(Cl)cc2)CC1. The van der Waals surface area contributed by atoms with Crippen LogP contribution in [-0.4, -0.2) is 12.0 Å². The van der Waals surface area contributed by atoms with Crippen LogP contribution < -0.4 is 5.32 Å². The molecule has 0 amide bonds. The van der Waals surface area contributed by atoms with Crippen molar-refractivity contribution in [3.63, 3.8) is 0 Å². The molecule has 1 saturated carbocycles. The monoisotopic (exact) mass is 259 g/mol. The van der Waals surface area contributed by atoms with Crippen LogP contribution in [0.2, 0.25) is 5.02 Å². The minimum absolute atomic E-state index is 0.00524. The van der Waals surface area contributed by atoms with E-state index >= 15 is 0 Å². The molecule has 0 aromatic heterocycles. The summed E-state index contributed by atoms with van der Waals surface area (Å²) in [5.41, 5.74) is 1.13. The van der Waals surface area contributed by atoms with E-state index in [-0.39, 0.29) is 18.9 Å². The van der Waals surface area contributed by atoms with E-state index in [1.807, 2.05) is 24.3 Å². The van der Waals surface area contributed by atoms with E-state index in [2.05, 4.69) is 5.32 Å². The predicted molar refractivity (Wildman–Crippen MR) is 65.5 cm³/mol. The maximum atomic E-state index is 12.9. The molecule has 2 rings (SSSR count). The summed E-state index contributed by atoms with van der Waals surface area (Å²) in [5, 5.41) is 4.03. The Morgan fingerprint density at radius 3 is 2.35 bits per heavy atom. The van der Waals surface area contributed by atoms with Gasteiger partial charge in [-0.25, -0.2) is 8.78 Å². The third-order valence-corrected chi connectivity index (χ3v) is 3.48. The van der Waals surface area contributed by atoms with Crippen LogP contribution in [0.15, 0.2) is 24.3 Å². The van der Waals surface area contributed by atoms with Crippen LogP contribution in [0.5, 0.6) is 0 Å². The lowest BCUT2D eigenvalue weighted by Crippen LogP contribution is -2.36.